The Kier molecular flexibility index (Phi) is 6.08. The Bertz CT molecular complexity index is 314. The van der Waals surface area contributed by atoms with Gasteiger partial charge >= 0.3 is 12.0 Å². The van der Waals surface area contributed by atoms with E-state index in [1.807, 2.05) is 6.92 Å². The Morgan fingerprint density at radius 2 is 2.00 bits per heavy atom. The van der Waals surface area contributed by atoms with Gasteiger partial charge in [-0.25, -0.2) is 9.59 Å². The fourth-order valence-electron chi connectivity index (χ4n) is 2.35. The van der Waals surface area contributed by atoms with E-state index in [4.69, 9.17) is 5.11 Å². The summed E-state index contributed by atoms with van der Waals surface area (Å²) in [4.78, 5) is 27.0. The first-order chi connectivity index (χ1) is 8.95. The van der Waals surface area contributed by atoms with Crippen LogP contribution in [0, 0.1) is 0 Å². The summed E-state index contributed by atoms with van der Waals surface area (Å²) in [5.74, 6) is -0.966. The molecule has 1 atom stereocenters. The van der Waals surface area contributed by atoms with Crippen molar-refractivity contribution in [2.45, 2.75) is 44.7 Å². The fraction of sp³-hybridized carbons (Fsp3) is 0.846. The van der Waals surface area contributed by atoms with Crippen molar-refractivity contribution in [2.75, 3.05) is 27.2 Å². The number of hydrogen-bond donors (Lipinski definition) is 2. The number of carboxylic acid groups (broad SMARTS) is 1. The number of piperidine rings is 1. The molecule has 6 heteroatoms. The summed E-state index contributed by atoms with van der Waals surface area (Å²) in [5, 5.41) is 11.6. The Morgan fingerprint density at radius 3 is 2.47 bits per heavy atom. The molecule has 0 spiro atoms. The largest absolute Gasteiger partial charge is 0.480 e. The first-order valence-electron chi connectivity index (χ1n) is 6.90. The van der Waals surface area contributed by atoms with Gasteiger partial charge in [0.15, 0.2) is 0 Å². The minimum Gasteiger partial charge on any atom is -0.480 e. The summed E-state index contributed by atoms with van der Waals surface area (Å²) in [6, 6.07) is -0.867. The monoisotopic (exact) mass is 271 g/mol. The van der Waals surface area contributed by atoms with Gasteiger partial charge in [-0.3, -0.25) is 0 Å². The molecule has 2 amide bonds. The van der Waals surface area contributed by atoms with Crippen LogP contribution < -0.4 is 5.32 Å². The van der Waals surface area contributed by atoms with E-state index in [1.54, 1.807) is 11.9 Å². The topological polar surface area (TPSA) is 72.9 Å². The van der Waals surface area contributed by atoms with Crippen LogP contribution in [0.2, 0.25) is 0 Å². The van der Waals surface area contributed by atoms with Crippen LogP contribution in [0.5, 0.6) is 0 Å². The molecular formula is C13H25N3O3. The smallest absolute Gasteiger partial charge is 0.326 e. The maximum absolute atomic E-state index is 12.1. The number of amides is 2. The van der Waals surface area contributed by atoms with E-state index < -0.39 is 12.0 Å². The zero-order valence-corrected chi connectivity index (χ0v) is 12.1. The first kappa shape index (κ1) is 15.8. The Morgan fingerprint density at radius 1 is 1.42 bits per heavy atom. The lowest BCUT2D eigenvalue weighted by molar-refractivity contribution is -0.139. The van der Waals surface area contributed by atoms with Gasteiger partial charge in [-0.2, -0.15) is 0 Å². The van der Waals surface area contributed by atoms with Gasteiger partial charge in [-0.1, -0.05) is 13.3 Å². The molecule has 19 heavy (non-hydrogen) atoms. The molecule has 0 bridgehead atoms. The number of likely N-dealkylation sites (tertiary alicyclic amines) is 1. The van der Waals surface area contributed by atoms with Crippen LogP contribution >= 0.6 is 0 Å². The number of rotatable bonds is 5. The molecule has 6 nitrogen and oxygen atoms in total. The van der Waals surface area contributed by atoms with Gasteiger partial charge in [0.25, 0.3) is 0 Å². The molecule has 1 aliphatic rings. The molecule has 0 aromatic rings. The highest BCUT2D eigenvalue weighted by Crippen LogP contribution is 2.14. The predicted molar refractivity (Wildman–Crippen MR) is 73.1 cm³/mol. The quantitative estimate of drug-likeness (QED) is 0.781. The average Bonchev–Trinajstić information content (AvgIpc) is 2.38. The molecule has 0 saturated carbocycles. The standard InChI is InChI=1S/C13H25N3O3/c1-4-5-11(12(17)18)14-13(19)16(3)10-6-8-15(2)9-7-10/h10-11H,4-9H2,1-3H3,(H,14,19)(H,17,18)/t11-/m1/s1. The second kappa shape index (κ2) is 7.33. The SMILES string of the molecule is CCC[C@@H](NC(=O)N(C)C1CCN(C)CC1)C(=O)O. The van der Waals surface area contributed by atoms with E-state index in [0.29, 0.717) is 6.42 Å². The van der Waals surface area contributed by atoms with Gasteiger partial charge in [0.05, 0.1) is 0 Å². The normalized spacial score (nSPS) is 18.9. The van der Waals surface area contributed by atoms with Crippen LogP contribution in [-0.4, -0.2) is 66.2 Å². The van der Waals surface area contributed by atoms with Gasteiger partial charge in [0, 0.05) is 13.1 Å². The highest BCUT2D eigenvalue weighted by atomic mass is 16.4. The van der Waals surface area contributed by atoms with Crippen LogP contribution in [0.3, 0.4) is 0 Å². The van der Waals surface area contributed by atoms with Crippen molar-refractivity contribution in [3.63, 3.8) is 0 Å². The summed E-state index contributed by atoms with van der Waals surface area (Å²) in [7, 11) is 3.81. The molecule has 2 N–H and O–H groups in total. The van der Waals surface area contributed by atoms with Gasteiger partial charge in [0.2, 0.25) is 0 Å². The number of hydrogen-bond acceptors (Lipinski definition) is 3. The van der Waals surface area contributed by atoms with E-state index in [-0.39, 0.29) is 12.1 Å². The molecule has 110 valence electrons. The van der Waals surface area contributed by atoms with Crippen LogP contribution in [0.4, 0.5) is 4.79 Å². The van der Waals surface area contributed by atoms with Gasteiger partial charge < -0.3 is 20.2 Å². The lowest BCUT2D eigenvalue weighted by Gasteiger charge is -2.35. The molecule has 0 aliphatic carbocycles. The van der Waals surface area contributed by atoms with Crippen molar-refractivity contribution in [3.8, 4) is 0 Å². The molecule has 0 aromatic carbocycles. The average molecular weight is 271 g/mol. The summed E-state index contributed by atoms with van der Waals surface area (Å²) in [6.07, 6.45) is 3.06. The van der Waals surface area contributed by atoms with Crippen LogP contribution in [-0.2, 0) is 4.79 Å². The fourth-order valence-corrected chi connectivity index (χ4v) is 2.35. The molecule has 1 aliphatic heterocycles. The molecule has 1 heterocycles. The number of aliphatic carboxylic acids is 1. The summed E-state index contributed by atoms with van der Waals surface area (Å²) >= 11 is 0. The maximum atomic E-state index is 12.1. The van der Waals surface area contributed by atoms with Crippen molar-refractivity contribution in [1.82, 2.24) is 15.1 Å². The molecule has 1 saturated heterocycles. The van der Waals surface area contributed by atoms with Crippen molar-refractivity contribution in [2.24, 2.45) is 0 Å². The third kappa shape index (κ3) is 4.70. The number of nitrogens with zero attached hydrogens (tertiary/aromatic N) is 2. The van der Waals surface area contributed by atoms with E-state index in [2.05, 4.69) is 17.3 Å². The number of urea groups is 1. The van der Waals surface area contributed by atoms with Crippen molar-refractivity contribution >= 4 is 12.0 Å². The Balaban J connectivity index is 2.49. The Hall–Kier alpha value is -1.30. The summed E-state index contributed by atoms with van der Waals surface area (Å²) in [5.41, 5.74) is 0. The van der Waals surface area contributed by atoms with Crippen LogP contribution in [0.25, 0.3) is 0 Å². The van der Waals surface area contributed by atoms with Gasteiger partial charge in [0.1, 0.15) is 6.04 Å². The molecule has 0 aromatic heterocycles. The van der Waals surface area contributed by atoms with E-state index >= 15 is 0 Å². The second-order valence-corrected chi connectivity index (χ2v) is 5.27. The van der Waals surface area contributed by atoms with Gasteiger partial charge in [-0.15, -0.1) is 0 Å². The highest BCUT2D eigenvalue weighted by molar-refractivity contribution is 5.82. The van der Waals surface area contributed by atoms with Crippen molar-refractivity contribution in [1.29, 1.82) is 0 Å². The number of carboxylic acids is 1. The lowest BCUT2D eigenvalue weighted by Crippen LogP contribution is -2.52. The third-order valence-corrected chi connectivity index (χ3v) is 3.73. The number of nitrogens with one attached hydrogen (secondary N) is 1. The highest BCUT2D eigenvalue weighted by Gasteiger charge is 2.26. The molecule has 0 radical (unpaired) electrons. The summed E-state index contributed by atoms with van der Waals surface area (Å²) < 4.78 is 0. The molecule has 1 rings (SSSR count). The zero-order chi connectivity index (χ0) is 14.4. The van der Waals surface area contributed by atoms with E-state index in [1.165, 1.54) is 0 Å². The molecule has 0 unspecified atom stereocenters. The number of carbonyl (C=O) groups excluding carboxylic acids is 1. The summed E-state index contributed by atoms with van der Waals surface area (Å²) in [6.45, 7) is 3.85. The molecule has 1 fully saturated rings. The maximum Gasteiger partial charge on any atom is 0.326 e. The van der Waals surface area contributed by atoms with Crippen molar-refractivity contribution < 1.29 is 14.7 Å². The second-order valence-electron chi connectivity index (χ2n) is 5.27. The van der Waals surface area contributed by atoms with Crippen LogP contribution in [0.1, 0.15) is 32.6 Å². The minimum absolute atomic E-state index is 0.201. The first-order valence-corrected chi connectivity index (χ1v) is 6.90. The molecular weight excluding hydrogens is 246 g/mol. The van der Waals surface area contributed by atoms with Gasteiger partial charge in [-0.05, 0) is 39.4 Å². The van der Waals surface area contributed by atoms with E-state index in [9.17, 15) is 9.59 Å². The predicted octanol–water partition coefficient (Wildman–Crippen LogP) is 0.975. The number of carbonyl (C=O) groups is 2. The van der Waals surface area contributed by atoms with Crippen molar-refractivity contribution in [3.05, 3.63) is 0 Å². The van der Waals surface area contributed by atoms with E-state index in [0.717, 1.165) is 32.4 Å². The third-order valence-electron chi connectivity index (χ3n) is 3.73. The van der Waals surface area contributed by atoms with Crippen LogP contribution in [0.15, 0.2) is 0 Å². The zero-order valence-electron chi connectivity index (χ0n) is 12.1. The Labute approximate surface area is 114 Å². The lowest BCUT2D eigenvalue weighted by atomic mass is 10.0. The minimum atomic E-state index is -0.966.